The third-order valence-electron chi connectivity index (χ3n) is 3.72. The molecule has 17 heavy (non-hydrogen) atoms. The first-order valence-corrected chi connectivity index (χ1v) is 6.91. The van der Waals surface area contributed by atoms with Crippen LogP contribution in [0.25, 0.3) is 0 Å². The molecule has 2 rings (SSSR count). The molecule has 0 aromatic heterocycles. The highest BCUT2D eigenvalue weighted by Crippen LogP contribution is 2.32. The van der Waals surface area contributed by atoms with Crippen molar-refractivity contribution in [3.05, 3.63) is 0 Å². The zero-order chi connectivity index (χ0) is 11.2. The van der Waals surface area contributed by atoms with Crippen LogP contribution in [0.5, 0.6) is 0 Å². The van der Waals surface area contributed by atoms with Gasteiger partial charge in [-0.25, -0.2) is 0 Å². The Morgan fingerprint density at radius 3 is 2.29 bits per heavy atom. The maximum Gasteiger partial charge on any atom is 0.188 e. The van der Waals surface area contributed by atoms with Crippen LogP contribution >= 0.6 is 24.0 Å². The molecule has 0 amide bonds. The Balaban J connectivity index is 0.00000144. The average molecular weight is 351 g/mol. The van der Waals surface area contributed by atoms with Crippen LogP contribution in [-0.2, 0) is 0 Å². The molecule has 2 aliphatic carbocycles. The number of nitrogens with zero attached hydrogens (tertiary/aromatic N) is 1. The predicted molar refractivity (Wildman–Crippen MR) is 83.9 cm³/mol. The molecule has 0 aromatic carbocycles. The second kappa shape index (κ2) is 8.16. The van der Waals surface area contributed by atoms with Crippen molar-refractivity contribution in [1.82, 2.24) is 5.32 Å². The summed E-state index contributed by atoms with van der Waals surface area (Å²) in [6.07, 6.45) is 12.0. The van der Waals surface area contributed by atoms with E-state index >= 15 is 0 Å². The number of hydrogen-bond donors (Lipinski definition) is 2. The van der Waals surface area contributed by atoms with Crippen molar-refractivity contribution in [2.24, 2.45) is 16.6 Å². The number of nitrogens with two attached hydrogens (primary N) is 1. The number of rotatable bonds is 4. The van der Waals surface area contributed by atoms with Crippen molar-refractivity contribution in [3.8, 4) is 0 Å². The van der Waals surface area contributed by atoms with Crippen molar-refractivity contribution < 1.29 is 0 Å². The van der Waals surface area contributed by atoms with Crippen LogP contribution in [0, 0.1) is 5.92 Å². The molecule has 0 spiro atoms. The van der Waals surface area contributed by atoms with E-state index in [0.717, 1.165) is 12.5 Å². The molecular formula is C13H26IN3. The lowest BCUT2D eigenvalue weighted by Crippen LogP contribution is -2.39. The topological polar surface area (TPSA) is 50.4 Å². The molecule has 0 unspecified atom stereocenters. The van der Waals surface area contributed by atoms with E-state index in [1.165, 1.54) is 57.8 Å². The Hall–Kier alpha value is 0. The minimum Gasteiger partial charge on any atom is -0.370 e. The summed E-state index contributed by atoms with van der Waals surface area (Å²) in [6.45, 7) is 0.913. The fourth-order valence-corrected chi connectivity index (χ4v) is 2.45. The van der Waals surface area contributed by atoms with E-state index in [2.05, 4.69) is 10.3 Å². The van der Waals surface area contributed by atoms with Gasteiger partial charge in [0.2, 0.25) is 0 Å². The molecule has 0 bridgehead atoms. The summed E-state index contributed by atoms with van der Waals surface area (Å²) >= 11 is 0. The van der Waals surface area contributed by atoms with E-state index in [9.17, 15) is 0 Å². The molecule has 0 aliphatic heterocycles. The lowest BCUT2D eigenvalue weighted by molar-refractivity contribution is 0.529. The molecule has 0 radical (unpaired) electrons. The minimum atomic E-state index is 0. The van der Waals surface area contributed by atoms with Gasteiger partial charge in [0.05, 0.1) is 0 Å². The summed E-state index contributed by atoms with van der Waals surface area (Å²) < 4.78 is 0. The van der Waals surface area contributed by atoms with Gasteiger partial charge in [-0.2, -0.15) is 0 Å². The van der Waals surface area contributed by atoms with Gasteiger partial charge in [-0.05, 0) is 25.2 Å². The number of guanidine groups is 1. The van der Waals surface area contributed by atoms with Gasteiger partial charge < -0.3 is 11.1 Å². The van der Waals surface area contributed by atoms with Gasteiger partial charge >= 0.3 is 0 Å². The second-order valence-corrected chi connectivity index (χ2v) is 5.33. The van der Waals surface area contributed by atoms with E-state index < -0.39 is 0 Å². The molecule has 0 saturated heterocycles. The molecule has 0 heterocycles. The van der Waals surface area contributed by atoms with E-state index in [1.807, 2.05) is 0 Å². The molecule has 4 heteroatoms. The molecule has 2 saturated carbocycles. The highest BCUT2D eigenvalue weighted by molar-refractivity contribution is 14.0. The first-order valence-electron chi connectivity index (χ1n) is 6.91. The van der Waals surface area contributed by atoms with Crippen LogP contribution in [0.4, 0.5) is 0 Å². The summed E-state index contributed by atoms with van der Waals surface area (Å²) in [5.74, 6) is 1.63. The fourth-order valence-electron chi connectivity index (χ4n) is 2.45. The third-order valence-corrected chi connectivity index (χ3v) is 3.72. The summed E-state index contributed by atoms with van der Waals surface area (Å²) in [4.78, 5) is 4.41. The normalized spacial score (nSPS) is 22.7. The quantitative estimate of drug-likeness (QED) is 0.354. The first kappa shape index (κ1) is 15.1. The lowest BCUT2D eigenvalue weighted by Gasteiger charge is -2.16. The summed E-state index contributed by atoms with van der Waals surface area (Å²) in [5, 5.41) is 3.38. The van der Waals surface area contributed by atoms with Crippen molar-refractivity contribution in [1.29, 1.82) is 0 Å². The van der Waals surface area contributed by atoms with Gasteiger partial charge in [-0.15, -0.1) is 24.0 Å². The molecule has 100 valence electrons. The van der Waals surface area contributed by atoms with Gasteiger partial charge in [-0.3, -0.25) is 4.99 Å². The van der Waals surface area contributed by atoms with Crippen molar-refractivity contribution in [2.75, 3.05) is 6.54 Å². The molecule has 2 aliphatic rings. The Morgan fingerprint density at radius 2 is 1.71 bits per heavy atom. The van der Waals surface area contributed by atoms with Crippen molar-refractivity contribution in [2.45, 2.75) is 63.8 Å². The maximum atomic E-state index is 5.90. The number of hydrogen-bond acceptors (Lipinski definition) is 1. The smallest absolute Gasteiger partial charge is 0.188 e. The molecular weight excluding hydrogens is 325 g/mol. The Morgan fingerprint density at radius 1 is 1.06 bits per heavy atom. The fraction of sp³-hybridized carbons (Fsp3) is 0.923. The van der Waals surface area contributed by atoms with Crippen LogP contribution in [0.3, 0.4) is 0 Å². The summed E-state index contributed by atoms with van der Waals surface area (Å²) in [7, 11) is 0. The molecule has 0 aromatic rings. The second-order valence-electron chi connectivity index (χ2n) is 5.33. The third kappa shape index (κ3) is 6.48. The van der Waals surface area contributed by atoms with E-state index in [0.29, 0.717) is 12.0 Å². The average Bonchev–Trinajstić information content (AvgIpc) is 3.05. The summed E-state index contributed by atoms with van der Waals surface area (Å²) in [6, 6.07) is 0.576. The number of aliphatic imine (C=N–C) groups is 1. The zero-order valence-electron chi connectivity index (χ0n) is 10.7. The predicted octanol–water partition coefficient (Wildman–Crippen LogP) is 3.03. The number of halogens is 1. The first-order chi connectivity index (χ1) is 7.84. The monoisotopic (exact) mass is 351 g/mol. The standard InChI is InChI=1S/C13H25N3.HI/c14-13(15-10-9-11-7-8-11)16-12-5-3-1-2-4-6-12;/h11-12H,1-10H2,(H3,14,15,16);1H. The van der Waals surface area contributed by atoms with E-state index in [4.69, 9.17) is 5.73 Å². The van der Waals surface area contributed by atoms with Crippen LogP contribution < -0.4 is 11.1 Å². The highest BCUT2D eigenvalue weighted by Gasteiger charge is 2.20. The summed E-state index contributed by atoms with van der Waals surface area (Å²) in [5.41, 5.74) is 5.90. The van der Waals surface area contributed by atoms with Gasteiger partial charge in [-0.1, -0.05) is 38.5 Å². The van der Waals surface area contributed by atoms with Crippen molar-refractivity contribution >= 4 is 29.9 Å². The van der Waals surface area contributed by atoms with Gasteiger partial charge in [0, 0.05) is 12.6 Å². The molecule has 2 fully saturated rings. The van der Waals surface area contributed by atoms with E-state index in [1.54, 1.807) is 0 Å². The van der Waals surface area contributed by atoms with Crippen molar-refractivity contribution in [3.63, 3.8) is 0 Å². The van der Waals surface area contributed by atoms with Gasteiger partial charge in [0.25, 0.3) is 0 Å². The maximum absolute atomic E-state index is 5.90. The van der Waals surface area contributed by atoms with Crippen LogP contribution in [0.15, 0.2) is 4.99 Å². The van der Waals surface area contributed by atoms with E-state index in [-0.39, 0.29) is 24.0 Å². The highest BCUT2D eigenvalue weighted by atomic mass is 127. The zero-order valence-corrected chi connectivity index (χ0v) is 13.0. The van der Waals surface area contributed by atoms with Crippen LogP contribution in [0.1, 0.15) is 57.8 Å². The Labute approximate surface area is 122 Å². The number of nitrogens with one attached hydrogen (secondary N) is 1. The van der Waals surface area contributed by atoms with Gasteiger partial charge in [0.1, 0.15) is 0 Å². The molecule has 3 nitrogen and oxygen atoms in total. The largest absolute Gasteiger partial charge is 0.370 e. The van der Waals surface area contributed by atoms with Crippen LogP contribution in [0.2, 0.25) is 0 Å². The minimum absolute atomic E-state index is 0. The lowest BCUT2D eigenvalue weighted by atomic mass is 10.1. The van der Waals surface area contributed by atoms with Gasteiger partial charge in [0.15, 0.2) is 5.96 Å². The SMILES string of the molecule is I.NC(=NCCC1CC1)NC1CCCCCC1. The molecule has 0 atom stereocenters. The Kier molecular flexibility index (Phi) is 7.23. The van der Waals surface area contributed by atoms with Crippen LogP contribution in [-0.4, -0.2) is 18.5 Å². The molecule has 3 N–H and O–H groups in total. The Bertz CT molecular complexity index is 231.